The zero-order valence-corrected chi connectivity index (χ0v) is 10.7. The number of nitrogens with zero attached hydrogens (tertiary/aromatic N) is 2. The standard InChI is InChI=1S/C15H12FN3O/c16-12-7-11(18)4-5-14(12)20-15-10(8-17)6-9-2-1-3-13(9)19-15/h4-7H,1-3,18H2. The van der Waals surface area contributed by atoms with Crippen LogP contribution in [0.3, 0.4) is 0 Å². The van der Waals surface area contributed by atoms with Gasteiger partial charge in [-0.05, 0) is 43.0 Å². The molecule has 1 aromatic carbocycles. The smallest absolute Gasteiger partial charge is 0.237 e. The summed E-state index contributed by atoms with van der Waals surface area (Å²) in [5, 5.41) is 9.16. The van der Waals surface area contributed by atoms with Gasteiger partial charge in [-0.1, -0.05) is 0 Å². The molecule has 20 heavy (non-hydrogen) atoms. The van der Waals surface area contributed by atoms with Crippen LogP contribution in [-0.2, 0) is 12.8 Å². The number of benzene rings is 1. The second kappa shape index (κ2) is 4.82. The van der Waals surface area contributed by atoms with E-state index < -0.39 is 5.82 Å². The first-order chi connectivity index (χ1) is 9.67. The van der Waals surface area contributed by atoms with Crippen molar-refractivity contribution in [1.29, 1.82) is 5.26 Å². The number of nitriles is 1. The summed E-state index contributed by atoms with van der Waals surface area (Å²) in [6, 6.07) is 7.97. The summed E-state index contributed by atoms with van der Waals surface area (Å²) < 4.78 is 19.2. The van der Waals surface area contributed by atoms with E-state index in [0.29, 0.717) is 11.3 Å². The van der Waals surface area contributed by atoms with Crippen LogP contribution in [0.5, 0.6) is 11.6 Å². The van der Waals surface area contributed by atoms with Gasteiger partial charge in [0.2, 0.25) is 5.88 Å². The molecule has 0 fully saturated rings. The van der Waals surface area contributed by atoms with E-state index in [-0.39, 0.29) is 11.6 Å². The van der Waals surface area contributed by atoms with Gasteiger partial charge in [0.15, 0.2) is 11.6 Å². The molecule has 0 saturated carbocycles. The maximum absolute atomic E-state index is 13.7. The molecule has 100 valence electrons. The number of aromatic nitrogens is 1. The van der Waals surface area contributed by atoms with E-state index >= 15 is 0 Å². The van der Waals surface area contributed by atoms with Crippen molar-refractivity contribution in [2.45, 2.75) is 19.3 Å². The lowest BCUT2D eigenvalue weighted by Gasteiger charge is -2.09. The fourth-order valence-corrected chi connectivity index (χ4v) is 2.31. The lowest BCUT2D eigenvalue weighted by atomic mass is 10.1. The molecule has 0 unspecified atom stereocenters. The molecule has 4 nitrogen and oxygen atoms in total. The van der Waals surface area contributed by atoms with Crippen LogP contribution in [0, 0.1) is 17.1 Å². The third-order valence-corrected chi connectivity index (χ3v) is 3.30. The zero-order valence-electron chi connectivity index (χ0n) is 10.7. The quantitative estimate of drug-likeness (QED) is 0.851. The van der Waals surface area contributed by atoms with E-state index in [9.17, 15) is 4.39 Å². The van der Waals surface area contributed by atoms with Crippen molar-refractivity contribution in [2.24, 2.45) is 0 Å². The lowest BCUT2D eigenvalue weighted by molar-refractivity contribution is 0.425. The second-order valence-corrected chi connectivity index (χ2v) is 4.70. The Morgan fingerprint density at radius 3 is 2.90 bits per heavy atom. The average molecular weight is 269 g/mol. The van der Waals surface area contributed by atoms with Gasteiger partial charge in [0.1, 0.15) is 11.6 Å². The van der Waals surface area contributed by atoms with Gasteiger partial charge in [0, 0.05) is 17.4 Å². The SMILES string of the molecule is N#Cc1cc2c(nc1Oc1ccc(N)cc1F)CCC2. The van der Waals surface area contributed by atoms with E-state index in [1.54, 1.807) is 6.07 Å². The van der Waals surface area contributed by atoms with Gasteiger partial charge in [-0.15, -0.1) is 0 Å². The number of fused-ring (bicyclic) bond motifs is 1. The van der Waals surface area contributed by atoms with Crippen LogP contribution in [0.4, 0.5) is 10.1 Å². The molecule has 3 rings (SSSR count). The van der Waals surface area contributed by atoms with Crippen molar-refractivity contribution < 1.29 is 9.13 Å². The van der Waals surface area contributed by atoms with Gasteiger partial charge in [-0.2, -0.15) is 5.26 Å². The summed E-state index contributed by atoms with van der Waals surface area (Å²) in [7, 11) is 0. The minimum Gasteiger partial charge on any atom is -0.435 e. The van der Waals surface area contributed by atoms with Crippen LogP contribution < -0.4 is 10.5 Å². The molecule has 1 heterocycles. The highest BCUT2D eigenvalue weighted by Gasteiger charge is 2.18. The zero-order chi connectivity index (χ0) is 14.1. The second-order valence-electron chi connectivity index (χ2n) is 4.70. The maximum atomic E-state index is 13.7. The van der Waals surface area contributed by atoms with Crippen LogP contribution in [0.15, 0.2) is 24.3 Å². The van der Waals surface area contributed by atoms with Gasteiger partial charge in [0.25, 0.3) is 0 Å². The topological polar surface area (TPSA) is 71.9 Å². The normalized spacial score (nSPS) is 12.8. The molecule has 0 saturated heterocycles. The molecule has 2 aromatic rings. The van der Waals surface area contributed by atoms with E-state index in [1.165, 1.54) is 18.2 Å². The molecule has 0 bridgehead atoms. The van der Waals surface area contributed by atoms with Gasteiger partial charge in [0.05, 0.1) is 0 Å². The van der Waals surface area contributed by atoms with Crippen LogP contribution >= 0.6 is 0 Å². The summed E-state index contributed by atoms with van der Waals surface area (Å²) in [4.78, 5) is 4.34. The molecule has 2 N–H and O–H groups in total. The molecule has 1 aromatic heterocycles. The Hall–Kier alpha value is -2.61. The molecule has 0 atom stereocenters. The first kappa shape index (κ1) is 12.4. The van der Waals surface area contributed by atoms with Crippen molar-refractivity contribution in [3.05, 3.63) is 46.9 Å². The maximum Gasteiger partial charge on any atom is 0.237 e. The first-order valence-electron chi connectivity index (χ1n) is 6.33. The Morgan fingerprint density at radius 1 is 1.30 bits per heavy atom. The van der Waals surface area contributed by atoms with E-state index in [0.717, 1.165) is 30.5 Å². The van der Waals surface area contributed by atoms with E-state index in [4.69, 9.17) is 15.7 Å². The summed E-state index contributed by atoms with van der Waals surface area (Å²) in [6.07, 6.45) is 2.81. The fourth-order valence-electron chi connectivity index (χ4n) is 2.31. The Bertz CT molecular complexity index is 722. The summed E-state index contributed by atoms with van der Waals surface area (Å²) >= 11 is 0. The number of halogens is 1. The van der Waals surface area contributed by atoms with Crippen LogP contribution in [0.2, 0.25) is 0 Å². The number of pyridine rings is 1. The molecule has 1 aliphatic rings. The van der Waals surface area contributed by atoms with Crippen molar-refractivity contribution in [2.75, 3.05) is 5.73 Å². The Balaban J connectivity index is 2.00. The van der Waals surface area contributed by atoms with Crippen molar-refractivity contribution in [3.8, 4) is 17.7 Å². The summed E-state index contributed by atoms with van der Waals surface area (Å²) in [5.41, 5.74) is 8.13. The number of anilines is 1. The third-order valence-electron chi connectivity index (χ3n) is 3.30. The van der Waals surface area contributed by atoms with Crippen LogP contribution in [0.1, 0.15) is 23.2 Å². The van der Waals surface area contributed by atoms with E-state index in [1.807, 2.05) is 6.07 Å². The molecule has 0 aliphatic heterocycles. The van der Waals surface area contributed by atoms with Gasteiger partial charge in [-0.25, -0.2) is 9.37 Å². The molecule has 0 amide bonds. The van der Waals surface area contributed by atoms with Crippen molar-refractivity contribution >= 4 is 5.69 Å². The highest BCUT2D eigenvalue weighted by Crippen LogP contribution is 2.30. The summed E-state index contributed by atoms with van der Waals surface area (Å²) in [5.74, 6) is -0.408. The third kappa shape index (κ3) is 2.16. The van der Waals surface area contributed by atoms with Gasteiger partial charge >= 0.3 is 0 Å². The van der Waals surface area contributed by atoms with Crippen molar-refractivity contribution in [1.82, 2.24) is 4.98 Å². The Morgan fingerprint density at radius 2 is 2.15 bits per heavy atom. The number of hydrogen-bond donors (Lipinski definition) is 1. The number of nitrogen functional groups attached to an aromatic ring is 1. The number of nitrogens with two attached hydrogens (primary N) is 1. The highest BCUT2D eigenvalue weighted by molar-refractivity contribution is 5.48. The number of rotatable bonds is 2. The largest absolute Gasteiger partial charge is 0.435 e. The Kier molecular flexibility index (Phi) is 2.99. The lowest BCUT2D eigenvalue weighted by Crippen LogP contribution is -1.99. The molecular formula is C15H12FN3O. The fraction of sp³-hybridized carbons (Fsp3) is 0.200. The molecule has 5 heteroatoms. The minimum absolute atomic E-state index is 0.0150. The summed E-state index contributed by atoms with van der Waals surface area (Å²) in [6.45, 7) is 0. The Labute approximate surface area is 115 Å². The number of hydrogen-bond acceptors (Lipinski definition) is 4. The number of ether oxygens (including phenoxy) is 1. The molecular weight excluding hydrogens is 257 g/mol. The molecule has 0 radical (unpaired) electrons. The predicted octanol–water partition coefficient (Wildman–Crippen LogP) is 2.96. The van der Waals surface area contributed by atoms with Crippen molar-refractivity contribution in [3.63, 3.8) is 0 Å². The predicted molar refractivity (Wildman–Crippen MR) is 71.9 cm³/mol. The van der Waals surface area contributed by atoms with Crippen LogP contribution in [0.25, 0.3) is 0 Å². The highest BCUT2D eigenvalue weighted by atomic mass is 19.1. The van der Waals surface area contributed by atoms with Crippen LogP contribution in [-0.4, -0.2) is 4.98 Å². The monoisotopic (exact) mass is 269 g/mol. The molecule has 0 spiro atoms. The van der Waals surface area contributed by atoms with Gasteiger partial charge < -0.3 is 10.5 Å². The minimum atomic E-state index is -0.573. The van der Waals surface area contributed by atoms with Gasteiger partial charge in [-0.3, -0.25) is 0 Å². The average Bonchev–Trinajstić information content (AvgIpc) is 2.88. The first-order valence-corrected chi connectivity index (χ1v) is 6.33. The van der Waals surface area contributed by atoms with E-state index in [2.05, 4.69) is 4.98 Å². The number of aryl methyl sites for hydroxylation is 2. The molecule has 1 aliphatic carbocycles.